The van der Waals surface area contributed by atoms with Crippen molar-refractivity contribution in [3.8, 4) is 11.4 Å². The molecule has 0 aliphatic rings. The van der Waals surface area contributed by atoms with Crippen LogP contribution in [-0.2, 0) is 11.8 Å². The van der Waals surface area contributed by atoms with E-state index in [9.17, 15) is 4.79 Å². The molecule has 1 aromatic heterocycles. The summed E-state index contributed by atoms with van der Waals surface area (Å²) in [5, 5.41) is 11.7. The Kier molecular flexibility index (Phi) is 4.95. The van der Waals surface area contributed by atoms with E-state index in [1.807, 2.05) is 41.9 Å². The van der Waals surface area contributed by atoms with Gasteiger partial charge in [-0.2, -0.15) is 0 Å². The molecule has 0 radical (unpaired) electrons. The van der Waals surface area contributed by atoms with E-state index in [-0.39, 0.29) is 5.91 Å². The largest absolute Gasteiger partial charge is 0.352 e. The highest BCUT2D eigenvalue weighted by molar-refractivity contribution is 7.99. The molecule has 2 rings (SSSR count). The molecule has 0 atom stereocenters. The van der Waals surface area contributed by atoms with Crippen LogP contribution in [0, 0.1) is 0 Å². The van der Waals surface area contributed by atoms with Crippen LogP contribution in [0.2, 0.25) is 0 Å². The highest BCUT2D eigenvalue weighted by atomic mass is 32.2. The van der Waals surface area contributed by atoms with E-state index in [2.05, 4.69) is 22.1 Å². The van der Waals surface area contributed by atoms with Gasteiger partial charge in [0.25, 0.3) is 0 Å². The zero-order valence-electron chi connectivity index (χ0n) is 11.2. The number of nitrogens with one attached hydrogen (secondary N) is 1. The molecule has 1 aromatic carbocycles. The monoisotopic (exact) mass is 288 g/mol. The first-order valence-corrected chi connectivity index (χ1v) is 7.16. The number of carbonyl (C=O) groups is 1. The van der Waals surface area contributed by atoms with E-state index >= 15 is 0 Å². The van der Waals surface area contributed by atoms with Crippen molar-refractivity contribution in [1.29, 1.82) is 0 Å². The molecule has 6 heteroatoms. The van der Waals surface area contributed by atoms with Crippen molar-refractivity contribution in [3.05, 3.63) is 43.0 Å². The van der Waals surface area contributed by atoms with Gasteiger partial charge in [-0.15, -0.1) is 16.8 Å². The SMILES string of the molecule is C=CCNC(=O)CSc1nnc(-c2ccccc2)n1C. The molecule has 0 unspecified atom stereocenters. The van der Waals surface area contributed by atoms with Gasteiger partial charge in [-0.05, 0) is 0 Å². The summed E-state index contributed by atoms with van der Waals surface area (Å²) in [6, 6.07) is 9.84. The van der Waals surface area contributed by atoms with E-state index in [1.54, 1.807) is 6.08 Å². The Morgan fingerprint density at radius 1 is 1.40 bits per heavy atom. The third-order valence-corrected chi connectivity index (χ3v) is 3.66. The number of hydrogen-bond acceptors (Lipinski definition) is 4. The summed E-state index contributed by atoms with van der Waals surface area (Å²) in [7, 11) is 1.90. The average Bonchev–Trinajstić information content (AvgIpc) is 2.85. The number of amides is 1. The maximum absolute atomic E-state index is 11.5. The van der Waals surface area contributed by atoms with Gasteiger partial charge in [-0.3, -0.25) is 4.79 Å². The number of rotatable bonds is 6. The minimum absolute atomic E-state index is 0.0424. The average molecular weight is 288 g/mol. The van der Waals surface area contributed by atoms with Crippen LogP contribution in [0.3, 0.4) is 0 Å². The lowest BCUT2D eigenvalue weighted by Gasteiger charge is -2.04. The lowest BCUT2D eigenvalue weighted by molar-refractivity contribution is -0.118. The second-order valence-electron chi connectivity index (χ2n) is 4.11. The van der Waals surface area contributed by atoms with Crippen molar-refractivity contribution in [2.45, 2.75) is 5.16 Å². The van der Waals surface area contributed by atoms with E-state index in [4.69, 9.17) is 0 Å². The lowest BCUT2D eigenvalue weighted by Crippen LogP contribution is -2.25. The number of nitrogens with zero attached hydrogens (tertiary/aromatic N) is 3. The molecular weight excluding hydrogens is 272 g/mol. The van der Waals surface area contributed by atoms with Crippen molar-refractivity contribution in [1.82, 2.24) is 20.1 Å². The van der Waals surface area contributed by atoms with Gasteiger partial charge in [0, 0.05) is 19.2 Å². The van der Waals surface area contributed by atoms with Gasteiger partial charge in [0.05, 0.1) is 5.75 Å². The van der Waals surface area contributed by atoms with Crippen LogP contribution in [0.25, 0.3) is 11.4 Å². The molecule has 0 spiro atoms. The summed E-state index contributed by atoms with van der Waals surface area (Å²) >= 11 is 1.36. The Bertz CT molecular complexity index is 594. The second-order valence-corrected chi connectivity index (χ2v) is 5.06. The lowest BCUT2D eigenvalue weighted by atomic mass is 10.2. The van der Waals surface area contributed by atoms with Crippen molar-refractivity contribution in [2.75, 3.05) is 12.3 Å². The van der Waals surface area contributed by atoms with Crippen LogP contribution in [-0.4, -0.2) is 33.0 Å². The fourth-order valence-electron chi connectivity index (χ4n) is 1.65. The highest BCUT2D eigenvalue weighted by Gasteiger charge is 2.12. The van der Waals surface area contributed by atoms with Gasteiger partial charge in [0.1, 0.15) is 0 Å². The van der Waals surface area contributed by atoms with Gasteiger partial charge in [0.2, 0.25) is 5.91 Å². The summed E-state index contributed by atoms with van der Waals surface area (Å²) in [6.45, 7) is 4.03. The summed E-state index contributed by atoms with van der Waals surface area (Å²) < 4.78 is 1.89. The summed E-state index contributed by atoms with van der Waals surface area (Å²) in [4.78, 5) is 11.5. The molecule has 0 bridgehead atoms. The number of benzene rings is 1. The smallest absolute Gasteiger partial charge is 0.230 e. The standard InChI is InChI=1S/C14H16N4OS/c1-3-9-15-12(19)10-20-14-17-16-13(18(14)2)11-7-5-4-6-8-11/h3-8H,1,9-10H2,2H3,(H,15,19). The number of hydrogen-bond donors (Lipinski definition) is 1. The molecule has 1 heterocycles. The van der Waals surface area contributed by atoms with Crippen LogP contribution in [0.5, 0.6) is 0 Å². The Labute approximate surface area is 122 Å². The molecule has 20 heavy (non-hydrogen) atoms. The zero-order valence-corrected chi connectivity index (χ0v) is 12.1. The van der Waals surface area contributed by atoms with Gasteiger partial charge in [-0.1, -0.05) is 48.2 Å². The normalized spacial score (nSPS) is 10.2. The highest BCUT2D eigenvalue weighted by Crippen LogP contribution is 2.21. The van der Waals surface area contributed by atoms with Crippen LogP contribution >= 0.6 is 11.8 Å². The van der Waals surface area contributed by atoms with Crippen molar-refractivity contribution in [2.24, 2.45) is 7.05 Å². The van der Waals surface area contributed by atoms with Crippen molar-refractivity contribution >= 4 is 17.7 Å². The Morgan fingerprint density at radius 2 is 2.15 bits per heavy atom. The van der Waals surface area contributed by atoms with E-state index in [1.165, 1.54) is 11.8 Å². The molecule has 104 valence electrons. The van der Waals surface area contributed by atoms with Crippen molar-refractivity contribution in [3.63, 3.8) is 0 Å². The molecule has 5 nitrogen and oxygen atoms in total. The Hall–Kier alpha value is -2.08. The fraction of sp³-hybridized carbons (Fsp3) is 0.214. The van der Waals surface area contributed by atoms with E-state index in [0.29, 0.717) is 12.3 Å². The number of aromatic nitrogens is 3. The Balaban J connectivity index is 2.03. The maximum atomic E-state index is 11.5. The quantitative estimate of drug-likeness (QED) is 0.651. The second kappa shape index (κ2) is 6.91. The van der Waals surface area contributed by atoms with Crippen LogP contribution in [0.1, 0.15) is 0 Å². The summed E-state index contributed by atoms with van der Waals surface area (Å²) in [6.07, 6.45) is 1.65. The van der Waals surface area contributed by atoms with Gasteiger partial charge < -0.3 is 9.88 Å². The predicted octanol–water partition coefficient (Wildman–Crippen LogP) is 1.88. The molecular formula is C14H16N4OS. The predicted molar refractivity (Wildman–Crippen MR) is 80.4 cm³/mol. The maximum Gasteiger partial charge on any atom is 0.230 e. The third-order valence-electron chi connectivity index (χ3n) is 2.64. The first kappa shape index (κ1) is 14.3. The van der Waals surface area contributed by atoms with Crippen LogP contribution in [0.15, 0.2) is 48.1 Å². The third kappa shape index (κ3) is 3.48. The molecule has 0 fully saturated rings. The van der Waals surface area contributed by atoms with Crippen molar-refractivity contribution < 1.29 is 4.79 Å². The number of carbonyl (C=O) groups excluding carboxylic acids is 1. The molecule has 1 N–H and O–H groups in total. The first-order valence-electron chi connectivity index (χ1n) is 6.17. The minimum Gasteiger partial charge on any atom is -0.352 e. The summed E-state index contributed by atoms with van der Waals surface area (Å²) in [5.74, 6) is 1.06. The molecule has 2 aromatic rings. The summed E-state index contributed by atoms with van der Waals surface area (Å²) in [5.41, 5.74) is 1.01. The van der Waals surface area contributed by atoms with Gasteiger partial charge >= 0.3 is 0 Å². The fourth-order valence-corrected chi connectivity index (χ4v) is 2.39. The molecule has 0 saturated heterocycles. The topological polar surface area (TPSA) is 59.8 Å². The molecule has 0 saturated carbocycles. The zero-order chi connectivity index (χ0) is 14.4. The van der Waals surface area contributed by atoms with Crippen LogP contribution in [0.4, 0.5) is 0 Å². The van der Waals surface area contributed by atoms with Gasteiger partial charge in [-0.25, -0.2) is 0 Å². The van der Waals surface area contributed by atoms with Crippen LogP contribution < -0.4 is 5.32 Å². The Morgan fingerprint density at radius 3 is 2.85 bits per heavy atom. The van der Waals surface area contributed by atoms with Gasteiger partial charge in [0.15, 0.2) is 11.0 Å². The molecule has 0 aliphatic heterocycles. The van der Waals surface area contributed by atoms with E-state index in [0.717, 1.165) is 16.5 Å². The van der Waals surface area contributed by atoms with E-state index < -0.39 is 0 Å². The number of thioether (sulfide) groups is 1. The first-order chi connectivity index (χ1) is 9.72. The molecule has 0 aliphatic carbocycles. The molecule has 1 amide bonds. The minimum atomic E-state index is -0.0424.